The summed E-state index contributed by atoms with van der Waals surface area (Å²) in [6, 6.07) is 0. The standard InChI is InChI=1S/C11H21N3O3/c1-7-5-14(6-11(3,4)17-7)10(15)8(2)9(12)13-16/h7-8,16H,5-6H2,1-4H3,(H2,12,13). The van der Waals surface area contributed by atoms with Gasteiger partial charge in [0.05, 0.1) is 17.6 Å². The molecule has 0 spiro atoms. The predicted molar refractivity (Wildman–Crippen MR) is 63.8 cm³/mol. The lowest BCUT2D eigenvalue weighted by Gasteiger charge is -2.42. The fourth-order valence-corrected chi connectivity index (χ4v) is 2.11. The Morgan fingerprint density at radius 1 is 1.65 bits per heavy atom. The predicted octanol–water partition coefficient (Wildman–Crippen LogP) is 0.395. The van der Waals surface area contributed by atoms with Crippen molar-refractivity contribution in [1.82, 2.24) is 4.90 Å². The molecule has 98 valence electrons. The highest BCUT2D eigenvalue weighted by molar-refractivity contribution is 6.01. The maximum atomic E-state index is 12.1. The first kappa shape index (κ1) is 13.8. The van der Waals surface area contributed by atoms with Gasteiger partial charge in [-0.05, 0) is 27.7 Å². The van der Waals surface area contributed by atoms with Crippen molar-refractivity contribution in [3.05, 3.63) is 0 Å². The Balaban J connectivity index is 2.76. The second-order valence-corrected chi connectivity index (χ2v) is 5.15. The second kappa shape index (κ2) is 4.91. The van der Waals surface area contributed by atoms with E-state index in [1.165, 1.54) is 0 Å². The summed E-state index contributed by atoms with van der Waals surface area (Å²) in [4.78, 5) is 13.8. The smallest absolute Gasteiger partial charge is 0.233 e. The van der Waals surface area contributed by atoms with E-state index in [0.29, 0.717) is 13.1 Å². The highest BCUT2D eigenvalue weighted by atomic mass is 16.5. The summed E-state index contributed by atoms with van der Waals surface area (Å²) in [7, 11) is 0. The molecule has 1 rings (SSSR count). The molecule has 2 atom stereocenters. The van der Waals surface area contributed by atoms with Crippen LogP contribution in [0.15, 0.2) is 5.16 Å². The average molecular weight is 243 g/mol. The van der Waals surface area contributed by atoms with Crippen molar-refractivity contribution in [3.8, 4) is 0 Å². The van der Waals surface area contributed by atoms with Gasteiger partial charge in [0, 0.05) is 13.1 Å². The van der Waals surface area contributed by atoms with Gasteiger partial charge in [-0.25, -0.2) is 0 Å². The number of hydrogen-bond donors (Lipinski definition) is 2. The van der Waals surface area contributed by atoms with E-state index in [2.05, 4.69) is 5.16 Å². The molecule has 1 fully saturated rings. The van der Waals surface area contributed by atoms with Crippen LogP contribution in [0.3, 0.4) is 0 Å². The number of amides is 1. The number of amidine groups is 1. The topological polar surface area (TPSA) is 88.2 Å². The van der Waals surface area contributed by atoms with Gasteiger partial charge in [-0.2, -0.15) is 0 Å². The molecular formula is C11H21N3O3. The molecular weight excluding hydrogens is 222 g/mol. The molecule has 0 aliphatic carbocycles. The molecule has 1 amide bonds. The van der Waals surface area contributed by atoms with E-state index in [-0.39, 0.29) is 23.4 Å². The van der Waals surface area contributed by atoms with Crippen LogP contribution >= 0.6 is 0 Å². The van der Waals surface area contributed by atoms with Crippen LogP contribution in [0.1, 0.15) is 27.7 Å². The number of oxime groups is 1. The Kier molecular flexibility index (Phi) is 3.98. The van der Waals surface area contributed by atoms with E-state index in [1.54, 1.807) is 11.8 Å². The third kappa shape index (κ3) is 3.33. The average Bonchev–Trinajstić information content (AvgIpc) is 2.23. The van der Waals surface area contributed by atoms with Crippen LogP contribution < -0.4 is 5.73 Å². The molecule has 0 aromatic carbocycles. The molecule has 6 nitrogen and oxygen atoms in total. The van der Waals surface area contributed by atoms with Gasteiger partial charge in [0.2, 0.25) is 5.91 Å². The Labute approximate surface area is 101 Å². The third-order valence-electron chi connectivity index (χ3n) is 2.81. The van der Waals surface area contributed by atoms with Crippen molar-refractivity contribution in [2.45, 2.75) is 39.4 Å². The number of nitrogens with zero attached hydrogens (tertiary/aromatic N) is 2. The zero-order chi connectivity index (χ0) is 13.2. The monoisotopic (exact) mass is 243 g/mol. The Morgan fingerprint density at radius 3 is 2.71 bits per heavy atom. The minimum absolute atomic E-state index is 0.0119. The summed E-state index contributed by atoms with van der Waals surface area (Å²) in [6.07, 6.45) is -0.0119. The van der Waals surface area contributed by atoms with Gasteiger partial charge < -0.3 is 20.6 Å². The zero-order valence-electron chi connectivity index (χ0n) is 10.8. The van der Waals surface area contributed by atoms with Crippen molar-refractivity contribution in [3.63, 3.8) is 0 Å². The van der Waals surface area contributed by atoms with Crippen LogP contribution in [-0.4, -0.2) is 46.6 Å². The lowest BCUT2D eigenvalue weighted by atomic mass is 10.0. The number of hydrogen-bond acceptors (Lipinski definition) is 4. The molecule has 0 aromatic heterocycles. The molecule has 0 aromatic rings. The maximum absolute atomic E-state index is 12.1. The summed E-state index contributed by atoms with van der Waals surface area (Å²) in [5.74, 6) is -0.809. The van der Waals surface area contributed by atoms with E-state index < -0.39 is 5.92 Å². The van der Waals surface area contributed by atoms with Gasteiger partial charge in [0.1, 0.15) is 0 Å². The first-order valence-electron chi connectivity index (χ1n) is 5.71. The lowest BCUT2D eigenvalue weighted by Crippen LogP contribution is -2.55. The van der Waals surface area contributed by atoms with E-state index in [0.717, 1.165) is 0 Å². The second-order valence-electron chi connectivity index (χ2n) is 5.15. The van der Waals surface area contributed by atoms with Crippen LogP contribution in [0.5, 0.6) is 0 Å². The molecule has 6 heteroatoms. The van der Waals surface area contributed by atoms with Crippen LogP contribution in [0.2, 0.25) is 0 Å². The normalized spacial score (nSPS) is 26.7. The number of ether oxygens (including phenoxy) is 1. The maximum Gasteiger partial charge on any atom is 0.233 e. The van der Waals surface area contributed by atoms with Gasteiger partial charge in [-0.3, -0.25) is 4.79 Å². The number of nitrogens with two attached hydrogens (primary N) is 1. The first-order valence-corrected chi connectivity index (χ1v) is 5.71. The molecule has 1 aliphatic rings. The number of morpholine rings is 1. The summed E-state index contributed by atoms with van der Waals surface area (Å²) < 4.78 is 5.72. The molecule has 1 saturated heterocycles. The van der Waals surface area contributed by atoms with Gasteiger partial charge in [-0.15, -0.1) is 0 Å². The molecule has 2 unspecified atom stereocenters. The van der Waals surface area contributed by atoms with Gasteiger partial charge >= 0.3 is 0 Å². The zero-order valence-corrected chi connectivity index (χ0v) is 10.8. The third-order valence-corrected chi connectivity index (χ3v) is 2.81. The largest absolute Gasteiger partial charge is 0.409 e. The van der Waals surface area contributed by atoms with E-state index in [4.69, 9.17) is 15.7 Å². The fraction of sp³-hybridized carbons (Fsp3) is 0.818. The van der Waals surface area contributed by atoms with Crippen molar-refractivity contribution in [1.29, 1.82) is 0 Å². The molecule has 0 saturated carbocycles. The van der Waals surface area contributed by atoms with Crippen LogP contribution in [0.25, 0.3) is 0 Å². The summed E-state index contributed by atoms with van der Waals surface area (Å²) >= 11 is 0. The Hall–Kier alpha value is -1.30. The molecule has 0 radical (unpaired) electrons. The number of rotatable bonds is 2. The van der Waals surface area contributed by atoms with Crippen molar-refractivity contribution in [2.24, 2.45) is 16.8 Å². The highest BCUT2D eigenvalue weighted by Crippen LogP contribution is 2.22. The van der Waals surface area contributed by atoms with Crippen LogP contribution in [0.4, 0.5) is 0 Å². The van der Waals surface area contributed by atoms with Gasteiger partial charge in [0.15, 0.2) is 5.84 Å². The molecule has 3 N–H and O–H groups in total. The number of carbonyl (C=O) groups is 1. The highest BCUT2D eigenvalue weighted by Gasteiger charge is 2.35. The molecule has 17 heavy (non-hydrogen) atoms. The van der Waals surface area contributed by atoms with E-state index in [1.807, 2.05) is 20.8 Å². The van der Waals surface area contributed by atoms with E-state index in [9.17, 15) is 4.79 Å². The van der Waals surface area contributed by atoms with Crippen molar-refractivity contribution in [2.75, 3.05) is 13.1 Å². The minimum atomic E-state index is -0.610. The molecule has 1 aliphatic heterocycles. The summed E-state index contributed by atoms with van der Waals surface area (Å²) in [5.41, 5.74) is 5.08. The van der Waals surface area contributed by atoms with Gasteiger partial charge in [-0.1, -0.05) is 5.16 Å². The Bertz CT molecular complexity index is 328. The van der Waals surface area contributed by atoms with Crippen molar-refractivity contribution >= 4 is 11.7 Å². The fourth-order valence-electron chi connectivity index (χ4n) is 2.11. The minimum Gasteiger partial charge on any atom is -0.409 e. The summed E-state index contributed by atoms with van der Waals surface area (Å²) in [5, 5.41) is 11.5. The SMILES string of the molecule is CC1CN(C(=O)C(C)C(N)=NO)CC(C)(C)O1. The van der Waals surface area contributed by atoms with Crippen molar-refractivity contribution < 1.29 is 14.7 Å². The summed E-state index contributed by atoms with van der Waals surface area (Å²) in [6.45, 7) is 8.48. The van der Waals surface area contributed by atoms with Gasteiger partial charge in [0.25, 0.3) is 0 Å². The number of carbonyl (C=O) groups excluding carboxylic acids is 1. The first-order chi connectivity index (χ1) is 7.76. The quantitative estimate of drug-likeness (QED) is 0.318. The Morgan fingerprint density at radius 2 is 2.24 bits per heavy atom. The molecule has 1 heterocycles. The lowest BCUT2D eigenvalue weighted by molar-refractivity contribution is -0.159. The van der Waals surface area contributed by atoms with Crippen LogP contribution in [0, 0.1) is 5.92 Å². The molecule has 0 bridgehead atoms. The van der Waals surface area contributed by atoms with E-state index >= 15 is 0 Å². The van der Waals surface area contributed by atoms with Crippen LogP contribution in [-0.2, 0) is 9.53 Å².